The van der Waals surface area contributed by atoms with Crippen molar-refractivity contribution in [1.29, 1.82) is 5.26 Å². The quantitative estimate of drug-likeness (QED) is 0.740. The van der Waals surface area contributed by atoms with Crippen LogP contribution in [0.3, 0.4) is 0 Å². The molecule has 3 rings (SSSR count). The SMILES string of the molecule is CC(C)N1CCC(N2CCCN(c3cccc(C(=O)NCCC#N)n3)CC2)CC1. The second-order valence-corrected chi connectivity index (χ2v) is 8.28. The smallest absolute Gasteiger partial charge is 0.270 e. The maximum atomic E-state index is 12.2. The summed E-state index contributed by atoms with van der Waals surface area (Å²) < 4.78 is 0. The van der Waals surface area contributed by atoms with Crippen molar-refractivity contribution >= 4 is 11.7 Å². The summed E-state index contributed by atoms with van der Waals surface area (Å²) in [6.07, 6.45) is 3.94. The van der Waals surface area contributed by atoms with E-state index in [4.69, 9.17) is 5.26 Å². The minimum Gasteiger partial charge on any atom is -0.355 e. The molecule has 7 heteroatoms. The number of piperidine rings is 1. The highest BCUT2D eigenvalue weighted by molar-refractivity contribution is 5.92. The van der Waals surface area contributed by atoms with Crippen molar-refractivity contribution in [1.82, 2.24) is 20.1 Å². The molecule has 2 fully saturated rings. The minimum atomic E-state index is -0.213. The molecule has 0 spiro atoms. The molecule has 7 nitrogen and oxygen atoms in total. The maximum absolute atomic E-state index is 12.2. The van der Waals surface area contributed by atoms with Crippen molar-refractivity contribution in [3.8, 4) is 6.07 Å². The van der Waals surface area contributed by atoms with Gasteiger partial charge in [0, 0.05) is 44.8 Å². The molecule has 1 aromatic heterocycles. The Bertz CT molecular complexity index is 707. The molecule has 3 heterocycles. The summed E-state index contributed by atoms with van der Waals surface area (Å²) in [6.45, 7) is 11.4. The van der Waals surface area contributed by atoms with Gasteiger partial charge >= 0.3 is 0 Å². The lowest BCUT2D eigenvalue weighted by Crippen LogP contribution is -2.47. The van der Waals surface area contributed by atoms with Gasteiger partial charge in [-0.15, -0.1) is 0 Å². The summed E-state index contributed by atoms with van der Waals surface area (Å²) >= 11 is 0. The van der Waals surface area contributed by atoms with E-state index in [1.54, 1.807) is 6.07 Å². The normalized spacial score (nSPS) is 19.7. The molecule has 0 aliphatic carbocycles. The second kappa shape index (κ2) is 10.6. The van der Waals surface area contributed by atoms with Crippen LogP contribution in [0.25, 0.3) is 0 Å². The molecule has 1 amide bonds. The number of likely N-dealkylation sites (tertiary alicyclic amines) is 1. The fourth-order valence-electron chi connectivity index (χ4n) is 4.35. The van der Waals surface area contributed by atoms with Crippen LogP contribution in [-0.2, 0) is 0 Å². The van der Waals surface area contributed by atoms with Crippen LogP contribution in [0.15, 0.2) is 18.2 Å². The molecule has 2 saturated heterocycles. The Morgan fingerprint density at radius 2 is 2.00 bits per heavy atom. The molecule has 0 saturated carbocycles. The third-order valence-electron chi connectivity index (χ3n) is 6.09. The lowest BCUT2D eigenvalue weighted by Gasteiger charge is -2.39. The van der Waals surface area contributed by atoms with Gasteiger partial charge in [0.15, 0.2) is 0 Å². The predicted octanol–water partition coefficient (Wildman–Crippen LogP) is 2.11. The molecule has 0 bridgehead atoms. The standard InChI is InChI=1S/C22H34N6O/c1-18(2)26-14-8-19(9-15-26)27-12-5-13-28(17-16-27)21-7-3-6-20(25-21)22(29)24-11-4-10-23/h3,6-7,18-19H,4-5,8-9,11-17H2,1-2H3,(H,24,29). The summed E-state index contributed by atoms with van der Waals surface area (Å²) in [7, 11) is 0. The van der Waals surface area contributed by atoms with Crippen LogP contribution in [0.4, 0.5) is 5.82 Å². The molecule has 1 N–H and O–H groups in total. The van der Waals surface area contributed by atoms with Crippen LogP contribution in [0, 0.1) is 11.3 Å². The number of nitriles is 1. The van der Waals surface area contributed by atoms with Crippen molar-refractivity contribution in [3.63, 3.8) is 0 Å². The number of hydrogen-bond acceptors (Lipinski definition) is 6. The number of rotatable bonds is 6. The summed E-state index contributed by atoms with van der Waals surface area (Å²) in [5.41, 5.74) is 0.419. The molecule has 0 unspecified atom stereocenters. The van der Waals surface area contributed by atoms with Crippen molar-refractivity contribution in [2.24, 2.45) is 0 Å². The number of nitrogens with zero attached hydrogens (tertiary/aromatic N) is 5. The predicted molar refractivity (Wildman–Crippen MR) is 115 cm³/mol. The topological polar surface area (TPSA) is 75.5 Å². The molecule has 0 radical (unpaired) electrons. The summed E-state index contributed by atoms with van der Waals surface area (Å²) in [5, 5.41) is 11.4. The van der Waals surface area contributed by atoms with Gasteiger partial charge in [-0.2, -0.15) is 5.26 Å². The van der Waals surface area contributed by atoms with Crippen LogP contribution < -0.4 is 10.2 Å². The number of amides is 1. The van der Waals surface area contributed by atoms with Crippen LogP contribution in [0.2, 0.25) is 0 Å². The van der Waals surface area contributed by atoms with Gasteiger partial charge in [0.2, 0.25) is 0 Å². The van der Waals surface area contributed by atoms with E-state index in [9.17, 15) is 4.79 Å². The van der Waals surface area contributed by atoms with E-state index in [0.717, 1.165) is 38.4 Å². The zero-order valence-electron chi connectivity index (χ0n) is 17.8. The third-order valence-corrected chi connectivity index (χ3v) is 6.09. The van der Waals surface area contributed by atoms with Gasteiger partial charge in [0.05, 0.1) is 12.5 Å². The number of anilines is 1. The number of carbonyl (C=O) groups excluding carboxylic acids is 1. The van der Waals surface area contributed by atoms with E-state index in [-0.39, 0.29) is 5.91 Å². The van der Waals surface area contributed by atoms with Gasteiger partial charge in [0.1, 0.15) is 11.5 Å². The fraction of sp³-hybridized carbons (Fsp3) is 0.682. The third kappa shape index (κ3) is 5.91. The molecule has 0 aromatic carbocycles. The Hall–Kier alpha value is -2.17. The Labute approximate surface area is 174 Å². The van der Waals surface area contributed by atoms with Crippen LogP contribution in [0.5, 0.6) is 0 Å². The Morgan fingerprint density at radius 3 is 2.72 bits per heavy atom. The first-order chi connectivity index (χ1) is 14.1. The van der Waals surface area contributed by atoms with Crippen molar-refractivity contribution in [2.45, 2.75) is 51.6 Å². The first-order valence-electron chi connectivity index (χ1n) is 10.9. The van der Waals surface area contributed by atoms with Gasteiger partial charge in [-0.25, -0.2) is 4.98 Å². The highest BCUT2D eigenvalue weighted by Crippen LogP contribution is 2.21. The van der Waals surface area contributed by atoms with E-state index in [2.05, 4.69) is 38.8 Å². The largest absolute Gasteiger partial charge is 0.355 e. The number of nitrogens with one attached hydrogen (secondary N) is 1. The Balaban J connectivity index is 1.55. The van der Waals surface area contributed by atoms with Crippen LogP contribution >= 0.6 is 0 Å². The summed E-state index contributed by atoms with van der Waals surface area (Å²) in [4.78, 5) is 24.4. The molecule has 0 atom stereocenters. The van der Waals surface area contributed by atoms with Crippen molar-refractivity contribution < 1.29 is 4.79 Å². The minimum absolute atomic E-state index is 0.213. The number of pyridine rings is 1. The van der Waals surface area contributed by atoms with Gasteiger partial charge in [-0.1, -0.05) is 6.07 Å². The average Bonchev–Trinajstić information content (AvgIpc) is 3.00. The Kier molecular flexibility index (Phi) is 7.84. The van der Waals surface area contributed by atoms with Gasteiger partial charge in [-0.3, -0.25) is 9.69 Å². The highest BCUT2D eigenvalue weighted by atomic mass is 16.1. The summed E-state index contributed by atoms with van der Waals surface area (Å²) in [6, 6.07) is 8.98. The van der Waals surface area contributed by atoms with Crippen molar-refractivity contribution in [3.05, 3.63) is 23.9 Å². The van der Waals surface area contributed by atoms with Gasteiger partial charge < -0.3 is 15.1 Å². The van der Waals surface area contributed by atoms with Gasteiger partial charge in [0.25, 0.3) is 5.91 Å². The second-order valence-electron chi connectivity index (χ2n) is 8.28. The average molecular weight is 399 g/mol. The van der Waals surface area contributed by atoms with Crippen molar-refractivity contribution in [2.75, 3.05) is 50.7 Å². The highest BCUT2D eigenvalue weighted by Gasteiger charge is 2.27. The molecular weight excluding hydrogens is 364 g/mol. The molecule has 158 valence electrons. The lowest BCUT2D eigenvalue weighted by atomic mass is 10.0. The zero-order valence-corrected chi connectivity index (χ0v) is 17.8. The van der Waals surface area contributed by atoms with Crippen LogP contribution in [0.1, 0.15) is 50.0 Å². The molecule has 2 aliphatic rings. The lowest BCUT2D eigenvalue weighted by molar-refractivity contribution is 0.0949. The van der Waals surface area contributed by atoms with E-state index in [1.807, 2.05) is 18.2 Å². The monoisotopic (exact) mass is 398 g/mol. The van der Waals surface area contributed by atoms with E-state index in [1.165, 1.54) is 25.9 Å². The maximum Gasteiger partial charge on any atom is 0.270 e. The first-order valence-corrected chi connectivity index (χ1v) is 10.9. The number of aromatic nitrogens is 1. The zero-order chi connectivity index (χ0) is 20.6. The number of hydrogen-bond donors (Lipinski definition) is 1. The van der Waals surface area contributed by atoms with Crippen LogP contribution in [-0.4, -0.2) is 78.6 Å². The van der Waals surface area contributed by atoms with E-state index < -0.39 is 0 Å². The number of carbonyl (C=O) groups is 1. The first kappa shape index (κ1) is 21.5. The van der Waals surface area contributed by atoms with Gasteiger partial charge in [-0.05, 0) is 58.3 Å². The van der Waals surface area contributed by atoms with E-state index in [0.29, 0.717) is 30.7 Å². The Morgan fingerprint density at radius 1 is 1.21 bits per heavy atom. The van der Waals surface area contributed by atoms with E-state index >= 15 is 0 Å². The molecule has 29 heavy (non-hydrogen) atoms. The fourth-order valence-corrected chi connectivity index (χ4v) is 4.35. The summed E-state index contributed by atoms with van der Waals surface area (Å²) in [5.74, 6) is 0.657. The molecular formula is C22H34N6O. The molecule has 2 aliphatic heterocycles. The molecule has 1 aromatic rings.